The largest absolute Gasteiger partial charge is 0.478 e. The summed E-state index contributed by atoms with van der Waals surface area (Å²) in [4.78, 5) is 39.0. The van der Waals surface area contributed by atoms with Crippen molar-refractivity contribution < 1.29 is 24.6 Å². The molecular formula is C18H10Cl2N2O5S. The van der Waals surface area contributed by atoms with Gasteiger partial charge < -0.3 is 15.5 Å². The van der Waals surface area contributed by atoms with Crippen molar-refractivity contribution in [2.45, 2.75) is 0 Å². The number of carboxylic acid groups (broad SMARTS) is 2. The second-order valence-corrected chi connectivity index (χ2v) is 7.34. The number of carbonyl (C=O) groups is 3. The number of nitrogens with one attached hydrogen (secondary N) is 1. The fourth-order valence-corrected chi connectivity index (χ4v) is 3.63. The number of amidine groups is 1. The first-order chi connectivity index (χ1) is 13.2. The SMILES string of the molecule is O=C1NC(=Nc2cc(C(=O)O)cc(C(=O)O)c2)S/C1=C\c1c(Cl)cccc1Cl. The highest BCUT2D eigenvalue weighted by Gasteiger charge is 2.25. The number of benzene rings is 2. The third-order valence-corrected chi connectivity index (χ3v) is 5.14. The predicted octanol–water partition coefficient (Wildman–Crippen LogP) is 4.28. The first-order valence-corrected chi connectivity index (χ1v) is 9.17. The van der Waals surface area contributed by atoms with E-state index in [1.54, 1.807) is 18.2 Å². The van der Waals surface area contributed by atoms with E-state index in [2.05, 4.69) is 10.3 Å². The maximum atomic E-state index is 12.2. The van der Waals surface area contributed by atoms with Crippen LogP contribution in [0.5, 0.6) is 0 Å². The molecule has 0 radical (unpaired) electrons. The zero-order valence-electron chi connectivity index (χ0n) is 13.8. The highest BCUT2D eigenvalue weighted by molar-refractivity contribution is 8.18. The van der Waals surface area contributed by atoms with Crippen LogP contribution in [-0.4, -0.2) is 33.2 Å². The number of thioether (sulfide) groups is 1. The van der Waals surface area contributed by atoms with Gasteiger partial charge in [-0.3, -0.25) is 4.79 Å². The predicted molar refractivity (Wildman–Crippen MR) is 108 cm³/mol. The van der Waals surface area contributed by atoms with Crippen LogP contribution >= 0.6 is 35.0 Å². The van der Waals surface area contributed by atoms with Crippen LogP contribution in [0.15, 0.2) is 46.3 Å². The normalized spacial score (nSPS) is 16.4. The van der Waals surface area contributed by atoms with Crippen LogP contribution in [0.1, 0.15) is 26.3 Å². The van der Waals surface area contributed by atoms with Crippen LogP contribution in [0.4, 0.5) is 5.69 Å². The minimum absolute atomic E-state index is 0.0807. The van der Waals surface area contributed by atoms with E-state index in [0.717, 1.165) is 17.8 Å². The molecule has 1 saturated heterocycles. The van der Waals surface area contributed by atoms with Crippen molar-refractivity contribution in [3.05, 3.63) is 68.0 Å². The maximum Gasteiger partial charge on any atom is 0.335 e. The summed E-state index contributed by atoms with van der Waals surface area (Å²) < 4.78 is 0. The third kappa shape index (κ3) is 4.36. The molecule has 0 aromatic heterocycles. The van der Waals surface area contributed by atoms with E-state index in [4.69, 9.17) is 33.4 Å². The molecule has 0 aliphatic carbocycles. The lowest BCUT2D eigenvalue weighted by Crippen LogP contribution is -2.19. The quantitative estimate of drug-likeness (QED) is 0.615. The van der Waals surface area contributed by atoms with Gasteiger partial charge in [0.2, 0.25) is 0 Å². The molecule has 0 spiro atoms. The van der Waals surface area contributed by atoms with E-state index >= 15 is 0 Å². The molecule has 3 rings (SSSR count). The van der Waals surface area contributed by atoms with Crippen LogP contribution in [0, 0.1) is 0 Å². The van der Waals surface area contributed by atoms with Crippen molar-refractivity contribution in [2.24, 2.45) is 4.99 Å². The molecule has 3 N–H and O–H groups in total. The van der Waals surface area contributed by atoms with Gasteiger partial charge in [0.25, 0.3) is 5.91 Å². The van der Waals surface area contributed by atoms with Crippen LogP contribution < -0.4 is 5.32 Å². The maximum absolute atomic E-state index is 12.2. The van der Waals surface area contributed by atoms with Crippen molar-refractivity contribution in [1.82, 2.24) is 5.32 Å². The molecule has 1 heterocycles. The molecule has 2 aromatic rings. The zero-order valence-corrected chi connectivity index (χ0v) is 16.1. The lowest BCUT2D eigenvalue weighted by molar-refractivity contribution is -0.115. The molecule has 1 amide bonds. The van der Waals surface area contributed by atoms with E-state index in [1.165, 1.54) is 18.2 Å². The Bertz CT molecular complexity index is 1030. The highest BCUT2D eigenvalue weighted by Crippen LogP contribution is 2.33. The smallest absolute Gasteiger partial charge is 0.335 e. The van der Waals surface area contributed by atoms with Crippen molar-refractivity contribution in [2.75, 3.05) is 0 Å². The van der Waals surface area contributed by atoms with Gasteiger partial charge in [-0.15, -0.1) is 0 Å². The Kier molecular flexibility index (Phi) is 5.73. The summed E-state index contributed by atoms with van der Waals surface area (Å²) in [5.74, 6) is -3.02. The zero-order chi connectivity index (χ0) is 20.4. The summed E-state index contributed by atoms with van der Waals surface area (Å²) in [7, 11) is 0. The van der Waals surface area contributed by atoms with Gasteiger partial charge in [-0.25, -0.2) is 14.6 Å². The van der Waals surface area contributed by atoms with Gasteiger partial charge in [0.05, 0.1) is 21.7 Å². The summed E-state index contributed by atoms with van der Waals surface area (Å²) in [6.45, 7) is 0. The minimum atomic E-state index is -1.29. The van der Waals surface area contributed by atoms with Crippen molar-refractivity contribution in [1.29, 1.82) is 0 Å². The molecular weight excluding hydrogens is 427 g/mol. The van der Waals surface area contributed by atoms with Crippen LogP contribution in [0.25, 0.3) is 6.08 Å². The molecule has 2 aromatic carbocycles. The molecule has 1 aliphatic heterocycles. The highest BCUT2D eigenvalue weighted by atomic mass is 35.5. The van der Waals surface area contributed by atoms with Crippen molar-refractivity contribution in [3.8, 4) is 0 Å². The number of carbonyl (C=O) groups excluding carboxylic acids is 1. The Morgan fingerprint density at radius 1 is 1.04 bits per heavy atom. The van der Waals surface area contributed by atoms with Crippen LogP contribution in [0.3, 0.4) is 0 Å². The Morgan fingerprint density at radius 3 is 2.14 bits per heavy atom. The molecule has 142 valence electrons. The van der Waals surface area contributed by atoms with E-state index < -0.39 is 17.8 Å². The number of carboxylic acids is 2. The van der Waals surface area contributed by atoms with E-state index in [9.17, 15) is 14.4 Å². The Labute approximate surface area is 172 Å². The monoisotopic (exact) mass is 436 g/mol. The van der Waals surface area contributed by atoms with Crippen LogP contribution in [0.2, 0.25) is 10.0 Å². The summed E-state index contributed by atoms with van der Waals surface area (Å²) >= 11 is 13.2. The van der Waals surface area contributed by atoms with Gasteiger partial charge in [0, 0.05) is 15.6 Å². The number of halogens is 2. The third-order valence-electron chi connectivity index (χ3n) is 3.57. The molecule has 0 bridgehead atoms. The fourth-order valence-electron chi connectivity index (χ4n) is 2.30. The number of rotatable bonds is 4. The fraction of sp³-hybridized carbons (Fsp3) is 0. The minimum Gasteiger partial charge on any atom is -0.478 e. The molecule has 0 unspecified atom stereocenters. The van der Waals surface area contributed by atoms with Gasteiger partial charge in [-0.1, -0.05) is 29.3 Å². The Morgan fingerprint density at radius 2 is 1.61 bits per heavy atom. The van der Waals surface area contributed by atoms with E-state index in [1.807, 2.05) is 0 Å². The standard InChI is InChI=1S/C18H10Cl2N2O5S/c19-12-2-1-3-13(20)11(12)7-14-15(23)22-18(28-14)21-10-5-8(16(24)25)4-9(6-10)17(26)27/h1-7H,(H,24,25)(H,26,27)(H,21,22,23)/b14-7-. The molecule has 7 nitrogen and oxygen atoms in total. The average molecular weight is 437 g/mol. The lowest BCUT2D eigenvalue weighted by Gasteiger charge is -2.02. The summed E-state index contributed by atoms with van der Waals surface area (Å²) in [6, 6.07) is 8.40. The van der Waals surface area contributed by atoms with Gasteiger partial charge in [0.15, 0.2) is 5.17 Å². The second kappa shape index (κ2) is 8.05. The summed E-state index contributed by atoms with van der Waals surface area (Å²) in [5.41, 5.74) is 0.0993. The van der Waals surface area contributed by atoms with Crippen molar-refractivity contribution in [3.63, 3.8) is 0 Å². The lowest BCUT2D eigenvalue weighted by atomic mass is 10.1. The molecule has 1 fully saturated rings. The number of aliphatic imine (C=N–C) groups is 1. The molecule has 28 heavy (non-hydrogen) atoms. The van der Waals surface area contributed by atoms with E-state index in [-0.39, 0.29) is 26.9 Å². The number of hydrogen-bond donors (Lipinski definition) is 3. The number of amides is 1. The molecule has 10 heteroatoms. The Hall–Kier alpha value is -2.81. The number of nitrogens with zero attached hydrogens (tertiary/aromatic N) is 1. The molecule has 0 saturated carbocycles. The first kappa shape index (κ1) is 19.9. The first-order valence-electron chi connectivity index (χ1n) is 7.60. The number of hydrogen-bond acceptors (Lipinski definition) is 5. The van der Waals surface area contributed by atoms with Crippen molar-refractivity contribution >= 4 is 69.7 Å². The van der Waals surface area contributed by atoms with E-state index in [0.29, 0.717) is 15.6 Å². The van der Waals surface area contributed by atoms with Gasteiger partial charge in [0.1, 0.15) is 0 Å². The molecule has 1 aliphatic rings. The second-order valence-electron chi connectivity index (χ2n) is 5.50. The topological polar surface area (TPSA) is 116 Å². The number of aromatic carboxylic acids is 2. The van der Waals surface area contributed by atoms with Gasteiger partial charge in [-0.05, 0) is 48.2 Å². The summed E-state index contributed by atoms with van der Waals surface area (Å²) in [6.07, 6.45) is 1.52. The average Bonchev–Trinajstić information content (AvgIpc) is 2.97. The van der Waals surface area contributed by atoms with Gasteiger partial charge in [-0.2, -0.15) is 0 Å². The molecule has 0 atom stereocenters. The Balaban J connectivity index is 1.95. The van der Waals surface area contributed by atoms with Crippen LogP contribution in [-0.2, 0) is 4.79 Å². The van der Waals surface area contributed by atoms with Gasteiger partial charge >= 0.3 is 11.9 Å². The summed E-state index contributed by atoms with van der Waals surface area (Å²) in [5, 5.41) is 21.7.